The van der Waals surface area contributed by atoms with E-state index in [0.717, 1.165) is 29.9 Å². The Kier molecular flexibility index (Phi) is 2.32. The van der Waals surface area contributed by atoms with E-state index in [1.165, 1.54) is 11.1 Å². The van der Waals surface area contributed by atoms with E-state index in [-0.39, 0.29) is 5.56 Å². The third kappa shape index (κ3) is 1.71. The Morgan fingerprint density at radius 2 is 1.84 bits per heavy atom. The first-order valence-electron chi connectivity index (χ1n) is 6.71. The number of benzene rings is 1. The molecule has 1 aliphatic carbocycles. The minimum atomic E-state index is 0.0287. The molecule has 1 aromatic carbocycles. The summed E-state index contributed by atoms with van der Waals surface area (Å²) in [5.41, 5.74) is 4.53. The molecule has 0 saturated heterocycles. The summed E-state index contributed by atoms with van der Waals surface area (Å²) in [5.74, 6) is 1.17. The second-order valence-electron chi connectivity index (χ2n) is 5.35. The smallest absolute Gasteiger partial charge is 0.255 e. The molecule has 2 heterocycles. The van der Waals surface area contributed by atoms with E-state index in [2.05, 4.69) is 39.6 Å². The molecule has 0 spiro atoms. The van der Waals surface area contributed by atoms with E-state index in [1.54, 1.807) is 0 Å². The number of hydrogen-bond acceptors (Lipinski definition) is 3. The van der Waals surface area contributed by atoms with Crippen LogP contribution in [0.25, 0.3) is 0 Å². The number of rotatable bonds is 1. The van der Waals surface area contributed by atoms with Crippen LogP contribution < -0.4 is 10.9 Å². The van der Waals surface area contributed by atoms with Crippen molar-refractivity contribution in [2.24, 2.45) is 0 Å². The van der Waals surface area contributed by atoms with Crippen LogP contribution in [0.1, 0.15) is 34.1 Å². The Morgan fingerprint density at radius 1 is 1.11 bits per heavy atom. The highest BCUT2D eigenvalue weighted by atomic mass is 16.1. The number of aromatic nitrogens is 2. The molecular weight excluding hydrogens is 238 g/mol. The van der Waals surface area contributed by atoms with Gasteiger partial charge in [0.15, 0.2) is 0 Å². The second kappa shape index (κ2) is 4.03. The molecule has 4 nitrogen and oxygen atoms in total. The van der Waals surface area contributed by atoms with Gasteiger partial charge in [-0.05, 0) is 24.0 Å². The predicted octanol–water partition coefficient (Wildman–Crippen LogP) is 1.26. The van der Waals surface area contributed by atoms with E-state index >= 15 is 0 Å². The second-order valence-corrected chi connectivity index (χ2v) is 5.35. The van der Waals surface area contributed by atoms with Gasteiger partial charge >= 0.3 is 0 Å². The fourth-order valence-corrected chi connectivity index (χ4v) is 3.14. The van der Waals surface area contributed by atoms with Gasteiger partial charge in [-0.1, -0.05) is 24.3 Å². The fraction of sp³-hybridized carbons (Fsp3) is 0.333. The number of aromatic amines is 1. The lowest BCUT2D eigenvalue weighted by Crippen LogP contribution is -2.19. The summed E-state index contributed by atoms with van der Waals surface area (Å²) in [6, 6.07) is 8.48. The van der Waals surface area contributed by atoms with Crippen molar-refractivity contribution < 1.29 is 0 Å². The Bertz CT molecular complexity index is 680. The van der Waals surface area contributed by atoms with Crippen LogP contribution in [0, 0.1) is 0 Å². The van der Waals surface area contributed by atoms with Crippen molar-refractivity contribution in [3.05, 3.63) is 62.8 Å². The van der Waals surface area contributed by atoms with Crippen LogP contribution in [0.15, 0.2) is 29.1 Å². The zero-order chi connectivity index (χ0) is 12.8. The first-order valence-corrected chi connectivity index (χ1v) is 6.71. The van der Waals surface area contributed by atoms with Crippen LogP contribution >= 0.6 is 0 Å². The zero-order valence-electron chi connectivity index (χ0n) is 10.6. The maximum Gasteiger partial charge on any atom is 0.255 e. The summed E-state index contributed by atoms with van der Waals surface area (Å²) in [5, 5.41) is 3.18. The molecule has 2 N–H and O–H groups in total. The lowest BCUT2D eigenvalue weighted by molar-refractivity contribution is 0.669. The molecule has 4 heteroatoms. The molecule has 0 radical (unpaired) electrons. The lowest BCUT2D eigenvalue weighted by Gasteiger charge is -2.09. The van der Waals surface area contributed by atoms with Crippen LogP contribution in [-0.2, 0) is 25.9 Å². The molecule has 2 aromatic rings. The molecule has 0 amide bonds. The zero-order valence-corrected chi connectivity index (χ0v) is 10.6. The largest absolute Gasteiger partial charge is 0.310 e. The fourth-order valence-electron chi connectivity index (χ4n) is 3.14. The van der Waals surface area contributed by atoms with Gasteiger partial charge in [-0.25, -0.2) is 4.98 Å². The molecule has 4 rings (SSSR count). The number of hydrogen-bond donors (Lipinski definition) is 2. The van der Waals surface area contributed by atoms with Gasteiger partial charge in [0.05, 0.1) is 11.3 Å². The molecule has 1 aromatic heterocycles. The van der Waals surface area contributed by atoms with Crippen LogP contribution in [0.2, 0.25) is 0 Å². The SMILES string of the molecule is O=c1[nH]c(C2Cc3ccccc3C2)nc2c1CNC2. The summed E-state index contributed by atoms with van der Waals surface area (Å²) in [6.45, 7) is 1.36. The molecule has 1 aliphatic heterocycles. The van der Waals surface area contributed by atoms with E-state index in [9.17, 15) is 4.79 Å². The standard InChI is InChI=1S/C15H15N3O/c19-15-12-7-16-8-13(12)17-14(18-15)11-5-9-3-1-2-4-10(9)6-11/h1-4,11,16H,5-8H2,(H,17,18,19). The molecule has 2 aliphatic rings. The van der Waals surface area contributed by atoms with Gasteiger partial charge in [0.2, 0.25) is 0 Å². The van der Waals surface area contributed by atoms with Crippen molar-refractivity contribution in [3.8, 4) is 0 Å². The molecule has 0 unspecified atom stereocenters. The third-order valence-electron chi connectivity index (χ3n) is 4.15. The molecule has 0 saturated carbocycles. The van der Waals surface area contributed by atoms with Crippen molar-refractivity contribution in [2.75, 3.05) is 0 Å². The van der Waals surface area contributed by atoms with Gasteiger partial charge in [0.1, 0.15) is 5.82 Å². The van der Waals surface area contributed by atoms with Gasteiger partial charge in [0, 0.05) is 19.0 Å². The van der Waals surface area contributed by atoms with E-state index in [1.807, 2.05) is 0 Å². The third-order valence-corrected chi connectivity index (χ3v) is 4.15. The van der Waals surface area contributed by atoms with Gasteiger partial charge in [-0.15, -0.1) is 0 Å². The Morgan fingerprint density at radius 3 is 2.58 bits per heavy atom. The van der Waals surface area contributed by atoms with Crippen LogP contribution in [0.3, 0.4) is 0 Å². The van der Waals surface area contributed by atoms with Gasteiger partial charge in [-0.3, -0.25) is 4.79 Å². The summed E-state index contributed by atoms with van der Waals surface area (Å²) < 4.78 is 0. The number of nitrogens with zero attached hydrogens (tertiary/aromatic N) is 1. The molecule has 0 bridgehead atoms. The average molecular weight is 253 g/mol. The Hall–Kier alpha value is -1.94. The first kappa shape index (κ1) is 10.9. The summed E-state index contributed by atoms with van der Waals surface area (Å²) >= 11 is 0. The highest BCUT2D eigenvalue weighted by Crippen LogP contribution is 2.32. The van der Waals surface area contributed by atoms with Crippen molar-refractivity contribution in [1.29, 1.82) is 0 Å². The maximum atomic E-state index is 12.0. The summed E-state index contributed by atoms with van der Waals surface area (Å²) in [7, 11) is 0. The summed E-state index contributed by atoms with van der Waals surface area (Å²) in [6.07, 6.45) is 1.96. The minimum absolute atomic E-state index is 0.0287. The van der Waals surface area contributed by atoms with Crippen LogP contribution in [0.4, 0.5) is 0 Å². The highest BCUT2D eigenvalue weighted by Gasteiger charge is 2.26. The van der Waals surface area contributed by atoms with Gasteiger partial charge in [0.25, 0.3) is 5.56 Å². The first-order chi connectivity index (χ1) is 9.31. The molecule has 19 heavy (non-hydrogen) atoms. The van der Waals surface area contributed by atoms with Crippen LogP contribution in [0.5, 0.6) is 0 Å². The Labute approximate surface area is 110 Å². The van der Waals surface area contributed by atoms with E-state index < -0.39 is 0 Å². The van der Waals surface area contributed by atoms with E-state index in [4.69, 9.17) is 0 Å². The number of fused-ring (bicyclic) bond motifs is 2. The monoisotopic (exact) mass is 253 g/mol. The van der Waals surface area contributed by atoms with Crippen molar-refractivity contribution in [1.82, 2.24) is 15.3 Å². The highest BCUT2D eigenvalue weighted by molar-refractivity contribution is 5.35. The normalized spacial score (nSPS) is 17.5. The van der Waals surface area contributed by atoms with E-state index in [0.29, 0.717) is 19.0 Å². The van der Waals surface area contributed by atoms with Crippen molar-refractivity contribution >= 4 is 0 Å². The van der Waals surface area contributed by atoms with Gasteiger partial charge < -0.3 is 10.3 Å². The number of nitrogens with one attached hydrogen (secondary N) is 2. The Balaban J connectivity index is 1.72. The minimum Gasteiger partial charge on any atom is -0.310 e. The van der Waals surface area contributed by atoms with Gasteiger partial charge in [-0.2, -0.15) is 0 Å². The average Bonchev–Trinajstić information content (AvgIpc) is 3.04. The molecule has 96 valence electrons. The topological polar surface area (TPSA) is 57.8 Å². The maximum absolute atomic E-state index is 12.0. The summed E-state index contributed by atoms with van der Waals surface area (Å²) in [4.78, 5) is 19.7. The number of H-pyrrole nitrogens is 1. The van der Waals surface area contributed by atoms with Crippen molar-refractivity contribution in [3.63, 3.8) is 0 Å². The van der Waals surface area contributed by atoms with Crippen LogP contribution in [-0.4, -0.2) is 9.97 Å². The quantitative estimate of drug-likeness (QED) is 0.804. The predicted molar refractivity (Wildman–Crippen MR) is 72.0 cm³/mol. The lowest BCUT2D eigenvalue weighted by atomic mass is 10.1. The molecule has 0 fully saturated rings. The molecule has 0 atom stereocenters. The van der Waals surface area contributed by atoms with Crippen molar-refractivity contribution in [2.45, 2.75) is 31.8 Å². The molecular formula is C15H15N3O.